The van der Waals surface area contributed by atoms with E-state index in [0.29, 0.717) is 89.6 Å². The highest BCUT2D eigenvalue weighted by atomic mass is 19.1. The minimum atomic E-state index is -0.769. The highest BCUT2D eigenvalue weighted by Crippen LogP contribution is 2.42. The van der Waals surface area contributed by atoms with Gasteiger partial charge in [-0.15, -0.1) is 0 Å². The zero-order valence-electron chi connectivity index (χ0n) is 36.7. The van der Waals surface area contributed by atoms with Gasteiger partial charge in [0.15, 0.2) is 23.0 Å². The second kappa shape index (κ2) is 23.4. The molecule has 0 bridgehead atoms. The lowest BCUT2D eigenvalue weighted by Crippen LogP contribution is -2.43. The smallest absolute Gasteiger partial charge is 0.308 e. The van der Waals surface area contributed by atoms with Crippen molar-refractivity contribution in [2.45, 2.75) is 39.7 Å². The number of halogens is 1. The van der Waals surface area contributed by atoms with Crippen LogP contribution >= 0.6 is 0 Å². The van der Waals surface area contributed by atoms with Crippen LogP contribution in [0.4, 0.5) is 39.3 Å². The number of aromatic nitrogens is 4. The number of methoxy groups -OCH3 is 6. The maximum Gasteiger partial charge on any atom is 0.308 e. The van der Waals surface area contributed by atoms with Crippen molar-refractivity contribution in [3.63, 3.8) is 0 Å². The number of piperidine rings is 2. The summed E-state index contributed by atoms with van der Waals surface area (Å²) in [6, 6.07) is 16.8. The summed E-state index contributed by atoms with van der Waals surface area (Å²) in [5.41, 5.74) is 2.21. The van der Waals surface area contributed by atoms with Crippen molar-refractivity contribution in [3.05, 3.63) is 84.4 Å². The Hall–Kier alpha value is -7.31. The number of nitrogens with zero attached hydrogens (tertiary/aromatic N) is 6. The number of carbonyl (C=O) groups is 2. The van der Waals surface area contributed by atoms with Crippen molar-refractivity contribution in [2.75, 3.05) is 89.3 Å². The molecule has 0 radical (unpaired) electrons. The van der Waals surface area contributed by atoms with E-state index in [0.717, 1.165) is 43.7 Å². The van der Waals surface area contributed by atoms with Crippen LogP contribution in [-0.4, -0.2) is 106 Å². The first-order valence-electron chi connectivity index (χ1n) is 20.6. The van der Waals surface area contributed by atoms with Gasteiger partial charge in [-0.05, 0) is 55.5 Å². The average molecular weight is 900 g/mol. The van der Waals surface area contributed by atoms with Crippen LogP contribution in [0, 0.1) is 17.7 Å². The molecular formula is C46H58FN9O9. The second-order valence-electron chi connectivity index (χ2n) is 14.8. The molecule has 1 amide bonds. The van der Waals surface area contributed by atoms with E-state index in [4.69, 9.17) is 28.4 Å². The van der Waals surface area contributed by atoms with E-state index < -0.39 is 5.97 Å². The van der Waals surface area contributed by atoms with Gasteiger partial charge in [0.1, 0.15) is 17.5 Å². The number of amides is 1. The summed E-state index contributed by atoms with van der Waals surface area (Å²) >= 11 is 0. The van der Waals surface area contributed by atoms with E-state index in [1.165, 1.54) is 12.1 Å². The van der Waals surface area contributed by atoms with Gasteiger partial charge >= 0.3 is 5.97 Å². The molecule has 3 aromatic carbocycles. The Balaban J connectivity index is 0.000000248. The number of carbonyl (C=O) groups excluding carboxylic acids is 1. The third kappa shape index (κ3) is 12.7. The largest absolute Gasteiger partial charge is 0.493 e. The molecule has 2 saturated heterocycles. The molecule has 4 heterocycles. The van der Waals surface area contributed by atoms with E-state index in [-0.39, 0.29) is 31.0 Å². The van der Waals surface area contributed by atoms with Crippen LogP contribution in [0.15, 0.2) is 73.1 Å². The minimum absolute atomic E-state index is 0. The number of anilines is 6. The first kappa shape index (κ1) is 48.7. The predicted octanol–water partition coefficient (Wildman–Crippen LogP) is 7.10. The van der Waals surface area contributed by atoms with Crippen LogP contribution < -0.4 is 54.2 Å². The highest BCUT2D eigenvalue weighted by Gasteiger charge is 2.28. The number of hydrogen-bond donors (Lipinski definition) is 4. The number of hydrogen-bond acceptors (Lipinski definition) is 16. The summed E-state index contributed by atoms with van der Waals surface area (Å²) in [7, 11) is 9.31. The summed E-state index contributed by atoms with van der Waals surface area (Å²) in [6.45, 7) is 2.92. The number of carboxylic acids is 1. The maximum absolute atomic E-state index is 13.1. The first-order chi connectivity index (χ1) is 31.0. The van der Waals surface area contributed by atoms with Crippen LogP contribution in [0.3, 0.4) is 0 Å². The normalized spacial score (nSPS) is 15.5. The third-order valence-corrected chi connectivity index (χ3v) is 10.7. The van der Waals surface area contributed by atoms with Gasteiger partial charge in [-0.1, -0.05) is 19.6 Å². The van der Waals surface area contributed by atoms with E-state index in [2.05, 4.69) is 40.8 Å². The fourth-order valence-electron chi connectivity index (χ4n) is 7.46. The molecule has 65 heavy (non-hydrogen) atoms. The van der Waals surface area contributed by atoms with Gasteiger partial charge in [-0.25, -0.2) is 14.4 Å². The number of nitrogens with one attached hydrogen (secondary N) is 3. The number of carboxylic acid groups (broad SMARTS) is 1. The monoisotopic (exact) mass is 899 g/mol. The molecule has 0 saturated carbocycles. The lowest BCUT2D eigenvalue weighted by Gasteiger charge is -2.33. The molecule has 18 nitrogen and oxygen atoms in total. The van der Waals surface area contributed by atoms with Crippen molar-refractivity contribution in [1.82, 2.24) is 25.3 Å². The molecule has 348 valence electrons. The average Bonchev–Trinajstić information content (AvgIpc) is 3.33. The van der Waals surface area contributed by atoms with Gasteiger partial charge in [-0.3, -0.25) is 9.59 Å². The molecule has 0 unspecified atom stereocenters. The number of rotatable bonds is 16. The third-order valence-electron chi connectivity index (χ3n) is 10.7. The topological polar surface area (TPSA) is 204 Å². The van der Waals surface area contributed by atoms with E-state index in [9.17, 15) is 19.1 Å². The molecule has 0 spiro atoms. The Morgan fingerprint density at radius 2 is 1.09 bits per heavy atom. The van der Waals surface area contributed by atoms with Crippen LogP contribution in [0.2, 0.25) is 0 Å². The van der Waals surface area contributed by atoms with Crippen molar-refractivity contribution in [2.24, 2.45) is 11.8 Å². The second-order valence-corrected chi connectivity index (χ2v) is 14.8. The Kier molecular flexibility index (Phi) is 17.5. The van der Waals surface area contributed by atoms with Gasteiger partial charge in [0.05, 0.1) is 54.5 Å². The lowest BCUT2D eigenvalue weighted by molar-refractivity contribution is -0.142. The van der Waals surface area contributed by atoms with Crippen molar-refractivity contribution < 1.29 is 47.5 Å². The van der Waals surface area contributed by atoms with Crippen LogP contribution in [0.25, 0.3) is 0 Å². The zero-order chi connectivity index (χ0) is 45.6. The Morgan fingerprint density at radius 1 is 0.662 bits per heavy atom. The fourth-order valence-corrected chi connectivity index (χ4v) is 7.46. The Labute approximate surface area is 378 Å². The molecule has 7 rings (SSSR count). The quantitative estimate of drug-likeness (QED) is 0.0780. The van der Waals surface area contributed by atoms with Crippen molar-refractivity contribution >= 4 is 46.8 Å². The summed E-state index contributed by atoms with van der Waals surface area (Å²) in [6.07, 6.45) is 6.50. The minimum Gasteiger partial charge on any atom is -0.493 e. The van der Waals surface area contributed by atoms with Gasteiger partial charge in [-0.2, -0.15) is 9.97 Å². The standard InChI is InChI=1S/C26H30FN5O4.C19H24N4O5.CH4/c1-34-21-13-20(14-22(35-2)24(21)36-3)30-26-28-11-10-23(31-26)32-12-4-5-18(16-32)25(33)29-15-17-6-8-19(27)9-7-17;1-26-14-9-13(10-15(27-2)17(14)28-3)21-19-20-7-6-16(22-19)23-8-4-5-12(11-23)18(24)25;/h6-11,13-14,18H,4-5,12,15-16H2,1-3H3,(H,29,33)(H,28,30,31);6-7,9-10,12H,4-5,8,11H2,1-3H3,(H,24,25)(H,20,21,22);1H4/t18-;12-;/m11./s1. The van der Waals surface area contributed by atoms with E-state index >= 15 is 0 Å². The van der Waals surface area contributed by atoms with Gasteiger partial charge in [0, 0.05) is 80.8 Å². The molecule has 2 aliphatic rings. The molecular weight excluding hydrogens is 842 g/mol. The SMILES string of the molecule is C.COc1cc(Nc2nccc(N3CCC[C@@H](C(=O)NCc4ccc(F)cc4)C3)n2)cc(OC)c1OC.COc1cc(Nc2nccc(N3CCC[C@@H](C(=O)O)C3)n2)cc(OC)c1OC. The number of benzene rings is 3. The first-order valence-corrected chi connectivity index (χ1v) is 20.6. The van der Waals surface area contributed by atoms with Crippen LogP contribution in [0.5, 0.6) is 34.5 Å². The summed E-state index contributed by atoms with van der Waals surface area (Å²) < 4.78 is 45.4. The Morgan fingerprint density at radius 3 is 1.51 bits per heavy atom. The lowest BCUT2D eigenvalue weighted by atomic mass is 9.97. The molecule has 2 aliphatic heterocycles. The van der Waals surface area contributed by atoms with E-state index in [1.807, 2.05) is 11.0 Å². The van der Waals surface area contributed by atoms with Crippen LogP contribution in [0.1, 0.15) is 38.7 Å². The van der Waals surface area contributed by atoms with Crippen LogP contribution in [-0.2, 0) is 16.1 Å². The summed E-state index contributed by atoms with van der Waals surface area (Å²) in [5, 5.41) is 18.6. The number of aliphatic carboxylic acids is 1. The van der Waals surface area contributed by atoms with Gasteiger partial charge < -0.3 is 59.3 Å². The number of ether oxygens (including phenoxy) is 6. The van der Waals surface area contributed by atoms with E-state index in [1.54, 1.807) is 97.5 Å². The van der Waals surface area contributed by atoms with Gasteiger partial charge in [0.25, 0.3) is 0 Å². The fraction of sp³-hybridized carbons (Fsp3) is 0.391. The summed E-state index contributed by atoms with van der Waals surface area (Å²) in [4.78, 5) is 46.0. The molecule has 0 aliphatic carbocycles. The highest BCUT2D eigenvalue weighted by molar-refractivity contribution is 5.79. The summed E-state index contributed by atoms with van der Waals surface area (Å²) in [5.74, 6) is 3.65. The molecule has 4 N–H and O–H groups in total. The predicted molar refractivity (Wildman–Crippen MR) is 245 cm³/mol. The molecule has 19 heteroatoms. The molecule has 2 atom stereocenters. The van der Waals surface area contributed by atoms with Crippen molar-refractivity contribution in [1.29, 1.82) is 0 Å². The molecule has 5 aromatic rings. The maximum atomic E-state index is 13.1. The van der Waals surface area contributed by atoms with Gasteiger partial charge in [0.2, 0.25) is 29.3 Å². The zero-order valence-corrected chi connectivity index (χ0v) is 36.7. The Bertz CT molecular complexity index is 2310. The molecule has 2 aromatic heterocycles. The molecule has 2 fully saturated rings. The van der Waals surface area contributed by atoms with Crippen molar-refractivity contribution in [3.8, 4) is 34.5 Å².